The van der Waals surface area contributed by atoms with Crippen LogP contribution < -0.4 is 5.76 Å². The van der Waals surface area contributed by atoms with E-state index in [0.717, 1.165) is 17.8 Å². The van der Waals surface area contributed by atoms with Gasteiger partial charge in [-0.05, 0) is 42.3 Å². The van der Waals surface area contributed by atoms with Crippen molar-refractivity contribution in [2.75, 3.05) is 33.4 Å². The number of hydrogen-bond acceptors (Lipinski definition) is 6. The number of methoxy groups -OCH3 is 1. The molecule has 1 atom stereocenters. The number of fused-ring (bicyclic) bond motifs is 2. The van der Waals surface area contributed by atoms with Gasteiger partial charge in [0.25, 0.3) is 0 Å². The lowest BCUT2D eigenvalue weighted by molar-refractivity contribution is -0.145. The Morgan fingerprint density at radius 1 is 1.24 bits per heavy atom. The van der Waals surface area contributed by atoms with Gasteiger partial charge in [0.1, 0.15) is 0 Å². The first kappa shape index (κ1) is 27.2. The number of halogens is 3. The molecule has 4 heterocycles. The summed E-state index contributed by atoms with van der Waals surface area (Å²) in [6.07, 6.45) is -2.63. The Balaban J connectivity index is 0.00000320. The number of ether oxygens (including phenoxy) is 1. The highest BCUT2D eigenvalue weighted by Gasteiger charge is 2.47. The minimum absolute atomic E-state index is 0. The predicted molar refractivity (Wildman–Crippen MR) is 134 cm³/mol. The largest absolute Gasteiger partial charge is 0.419 e. The summed E-state index contributed by atoms with van der Waals surface area (Å²) in [5.74, 6) is -0.531. The number of benzene rings is 1. The molecule has 0 unspecified atom stereocenters. The van der Waals surface area contributed by atoms with Crippen molar-refractivity contribution in [1.29, 1.82) is 0 Å². The smallest absolute Gasteiger partial charge is 0.408 e. The van der Waals surface area contributed by atoms with Crippen molar-refractivity contribution >= 4 is 30.5 Å². The number of carbonyl (C=O) groups is 1. The van der Waals surface area contributed by atoms with Crippen molar-refractivity contribution in [2.24, 2.45) is 12.5 Å². The van der Waals surface area contributed by atoms with E-state index in [9.17, 15) is 22.8 Å². The van der Waals surface area contributed by atoms with Crippen molar-refractivity contribution in [3.8, 4) is 0 Å². The van der Waals surface area contributed by atoms with Crippen molar-refractivity contribution in [3.63, 3.8) is 0 Å². The van der Waals surface area contributed by atoms with Gasteiger partial charge in [0.15, 0.2) is 5.58 Å². The SMILES string of the molecule is COC[C@]1(C(=O)N2CCc3ncc(C(F)(F)F)cc3C2)CCN(Cc2ccc3oc(=O)n(C)c3c2)C1.S. The van der Waals surface area contributed by atoms with E-state index in [1.807, 2.05) is 12.1 Å². The molecule has 12 heteroatoms. The minimum atomic E-state index is -4.48. The van der Waals surface area contributed by atoms with Crippen molar-refractivity contribution in [2.45, 2.75) is 32.1 Å². The molecule has 3 aromatic rings. The van der Waals surface area contributed by atoms with Crippen molar-refractivity contribution < 1.29 is 27.1 Å². The number of alkyl halides is 3. The first-order valence-corrected chi connectivity index (χ1v) is 11.7. The Morgan fingerprint density at radius 2 is 2.03 bits per heavy atom. The highest BCUT2D eigenvalue weighted by molar-refractivity contribution is 7.59. The van der Waals surface area contributed by atoms with Crippen LogP contribution in [-0.4, -0.2) is 58.6 Å². The molecule has 37 heavy (non-hydrogen) atoms. The van der Waals surface area contributed by atoms with Crippen LogP contribution in [0.3, 0.4) is 0 Å². The second-order valence-electron chi connectivity index (χ2n) is 9.71. The van der Waals surface area contributed by atoms with E-state index in [1.165, 1.54) is 4.57 Å². The molecule has 2 aliphatic rings. The van der Waals surface area contributed by atoms with Gasteiger partial charge in [0.2, 0.25) is 5.91 Å². The number of rotatable bonds is 5. The molecule has 8 nitrogen and oxygen atoms in total. The second-order valence-corrected chi connectivity index (χ2v) is 9.71. The molecule has 0 radical (unpaired) electrons. The molecule has 200 valence electrons. The summed E-state index contributed by atoms with van der Waals surface area (Å²) in [5.41, 5.74) is 1.66. The van der Waals surface area contributed by atoms with Crippen LogP contribution in [-0.2, 0) is 42.3 Å². The molecule has 2 aromatic heterocycles. The van der Waals surface area contributed by atoms with Crippen molar-refractivity contribution in [1.82, 2.24) is 19.4 Å². The van der Waals surface area contributed by atoms with E-state index in [2.05, 4.69) is 9.88 Å². The average molecular weight is 539 g/mol. The summed E-state index contributed by atoms with van der Waals surface area (Å²) in [6, 6.07) is 6.68. The number of aromatic nitrogens is 2. The van der Waals surface area contributed by atoms with Gasteiger partial charge in [-0.1, -0.05) is 6.07 Å². The Morgan fingerprint density at radius 3 is 2.76 bits per heavy atom. The number of likely N-dealkylation sites (tertiary alicyclic amines) is 1. The number of aryl methyl sites for hydroxylation is 1. The van der Waals surface area contributed by atoms with E-state index in [-0.39, 0.29) is 32.6 Å². The predicted octanol–water partition coefficient (Wildman–Crippen LogP) is 3.08. The zero-order valence-electron chi connectivity index (χ0n) is 20.6. The van der Waals surface area contributed by atoms with E-state index >= 15 is 0 Å². The number of nitrogens with zero attached hydrogens (tertiary/aromatic N) is 4. The maximum atomic E-state index is 13.8. The lowest BCUT2D eigenvalue weighted by Crippen LogP contribution is -2.49. The highest BCUT2D eigenvalue weighted by Crippen LogP contribution is 2.36. The second kappa shape index (κ2) is 10.1. The van der Waals surface area contributed by atoms with Gasteiger partial charge in [-0.3, -0.25) is 19.2 Å². The Kier molecular flexibility index (Phi) is 7.46. The van der Waals surface area contributed by atoms with Crippen LogP contribution in [0.5, 0.6) is 0 Å². The van der Waals surface area contributed by atoms with Crippen LogP contribution in [0.25, 0.3) is 11.1 Å². The van der Waals surface area contributed by atoms with Crippen LogP contribution >= 0.6 is 13.5 Å². The molecule has 0 N–H and O–H groups in total. The van der Waals surface area contributed by atoms with E-state index in [0.29, 0.717) is 61.4 Å². The lowest BCUT2D eigenvalue weighted by Gasteiger charge is -2.36. The van der Waals surface area contributed by atoms with Gasteiger partial charge in [-0.2, -0.15) is 26.7 Å². The molecule has 1 amide bonds. The fraction of sp³-hybridized carbons (Fsp3) is 0.480. The molecule has 1 saturated heterocycles. The monoisotopic (exact) mass is 538 g/mol. The summed E-state index contributed by atoms with van der Waals surface area (Å²) in [5, 5.41) is 0. The van der Waals surface area contributed by atoms with Crippen LogP contribution in [0.2, 0.25) is 0 Å². The standard InChI is InChI=1S/C25H27F3N4O4.H2S/c1-30-20-9-16(3-4-21(20)36-23(30)34)12-31-8-6-24(14-31,15-35-2)22(33)32-7-5-19-17(13-32)10-18(11-29-19)25(26,27)28;/h3-4,9-11H,5-8,12-15H2,1-2H3;1H2/t24-;/m0./s1. The summed E-state index contributed by atoms with van der Waals surface area (Å²) < 4.78 is 51.7. The summed E-state index contributed by atoms with van der Waals surface area (Å²) in [6.45, 7) is 2.44. The third kappa shape index (κ3) is 5.14. The number of oxazole rings is 1. The number of hydrogen-bond donors (Lipinski definition) is 0. The molecule has 0 bridgehead atoms. The fourth-order valence-electron chi connectivity index (χ4n) is 5.34. The van der Waals surface area contributed by atoms with Gasteiger partial charge in [-0.25, -0.2) is 4.79 Å². The maximum Gasteiger partial charge on any atom is 0.419 e. The Labute approximate surface area is 218 Å². The topological polar surface area (TPSA) is 80.8 Å². The quantitative estimate of drug-likeness (QED) is 0.497. The molecule has 2 aliphatic heterocycles. The lowest BCUT2D eigenvalue weighted by atomic mass is 9.85. The molecule has 0 spiro atoms. The molecular weight excluding hydrogens is 509 g/mol. The summed E-state index contributed by atoms with van der Waals surface area (Å²) in [4.78, 5) is 33.3. The molecule has 0 aliphatic carbocycles. The minimum Gasteiger partial charge on any atom is -0.408 e. The molecular formula is C25H29F3N4O4S. The van der Waals surface area contributed by atoms with Crippen LogP contribution in [0.4, 0.5) is 13.2 Å². The van der Waals surface area contributed by atoms with Gasteiger partial charge in [-0.15, -0.1) is 0 Å². The van der Waals surface area contributed by atoms with Crippen LogP contribution in [0.1, 0.15) is 28.8 Å². The maximum absolute atomic E-state index is 13.8. The highest BCUT2D eigenvalue weighted by atomic mass is 32.1. The molecule has 1 aromatic carbocycles. The number of pyridine rings is 1. The van der Waals surface area contributed by atoms with E-state index in [1.54, 1.807) is 25.1 Å². The first-order chi connectivity index (χ1) is 17.1. The van der Waals surface area contributed by atoms with E-state index < -0.39 is 22.9 Å². The van der Waals surface area contributed by atoms with Crippen LogP contribution in [0, 0.1) is 5.41 Å². The molecule has 1 fully saturated rings. The molecule has 5 rings (SSSR count). The average Bonchev–Trinajstić information content (AvgIpc) is 3.38. The van der Waals surface area contributed by atoms with Gasteiger partial charge >= 0.3 is 11.9 Å². The normalized spacial score (nSPS) is 20.2. The summed E-state index contributed by atoms with van der Waals surface area (Å²) in [7, 11) is 3.20. The molecule has 0 saturated carbocycles. The number of amides is 1. The van der Waals surface area contributed by atoms with Gasteiger partial charge in [0.05, 0.1) is 23.1 Å². The first-order valence-electron chi connectivity index (χ1n) is 11.7. The number of carbonyl (C=O) groups excluding carboxylic acids is 1. The fourth-order valence-corrected chi connectivity index (χ4v) is 5.34. The third-order valence-corrected chi connectivity index (χ3v) is 7.22. The van der Waals surface area contributed by atoms with Crippen molar-refractivity contribution in [3.05, 3.63) is 63.4 Å². The van der Waals surface area contributed by atoms with Gasteiger partial charge < -0.3 is 14.1 Å². The van der Waals surface area contributed by atoms with Crippen LogP contribution in [0.15, 0.2) is 39.7 Å². The Hall–Kier alpha value is -2.83. The Bertz CT molecular complexity index is 1370. The van der Waals surface area contributed by atoms with E-state index in [4.69, 9.17) is 9.15 Å². The third-order valence-electron chi connectivity index (χ3n) is 7.22. The summed E-state index contributed by atoms with van der Waals surface area (Å²) >= 11 is 0. The zero-order chi connectivity index (χ0) is 25.7. The zero-order valence-corrected chi connectivity index (χ0v) is 21.6. The van der Waals surface area contributed by atoms with Gasteiger partial charge in [0, 0.05) is 58.6 Å².